The van der Waals surface area contributed by atoms with Crippen LogP contribution in [0.1, 0.15) is 6.42 Å². The first-order valence-electron chi connectivity index (χ1n) is 7.23. The van der Waals surface area contributed by atoms with Crippen molar-refractivity contribution >= 4 is 17.5 Å². The smallest absolute Gasteiger partial charge is 0.406 e. The number of halogens is 6. The van der Waals surface area contributed by atoms with Crippen LogP contribution in [0, 0.1) is 5.41 Å². The molecule has 6 nitrogen and oxygen atoms in total. The minimum Gasteiger partial charge on any atom is -0.406 e. The van der Waals surface area contributed by atoms with Crippen molar-refractivity contribution in [3.05, 3.63) is 24.3 Å². The Balaban J connectivity index is 2.26. The van der Waals surface area contributed by atoms with E-state index in [1.165, 1.54) is 0 Å². The first kappa shape index (κ1) is 19.7. The van der Waals surface area contributed by atoms with E-state index < -0.39 is 55.0 Å². The Morgan fingerprint density at radius 1 is 1.23 bits per heavy atom. The molecule has 1 aliphatic heterocycles. The van der Waals surface area contributed by atoms with E-state index in [0.29, 0.717) is 0 Å². The van der Waals surface area contributed by atoms with E-state index >= 15 is 0 Å². The number of nitrogens with zero attached hydrogens (tertiary/aromatic N) is 2. The number of benzene rings is 1. The molecule has 1 aromatic rings. The van der Waals surface area contributed by atoms with Crippen molar-refractivity contribution in [3.8, 4) is 5.75 Å². The number of ether oxygens (including phenoxy) is 1. The maximum absolute atomic E-state index is 14.2. The zero-order valence-electron chi connectivity index (χ0n) is 13.1. The van der Waals surface area contributed by atoms with Crippen molar-refractivity contribution < 1.29 is 31.1 Å². The Labute approximate surface area is 143 Å². The Kier molecular flexibility index (Phi) is 5.23. The summed E-state index contributed by atoms with van der Waals surface area (Å²) in [6.45, 7) is -0.401. The number of nitrogens with one attached hydrogen (secondary N) is 1. The lowest BCUT2D eigenvalue weighted by atomic mass is 9.95. The Morgan fingerprint density at radius 2 is 1.81 bits per heavy atom. The zero-order chi connectivity index (χ0) is 19.7. The van der Waals surface area contributed by atoms with Gasteiger partial charge in [0.1, 0.15) is 17.6 Å². The second-order valence-corrected chi connectivity index (χ2v) is 5.51. The van der Waals surface area contributed by atoms with Crippen molar-refractivity contribution in [2.45, 2.75) is 30.9 Å². The highest BCUT2D eigenvalue weighted by Crippen LogP contribution is 2.35. The lowest BCUT2D eigenvalue weighted by Crippen LogP contribution is -2.63. The molecule has 1 fully saturated rings. The summed E-state index contributed by atoms with van der Waals surface area (Å²) in [5, 5.41) is 7.38. The average molecular weight is 383 g/mol. The fraction of sp³-hybridized carbons (Fsp3) is 0.429. The van der Waals surface area contributed by atoms with Crippen LogP contribution in [0.2, 0.25) is 0 Å². The summed E-state index contributed by atoms with van der Waals surface area (Å²) in [6.07, 6.45) is -8.47. The number of alkyl halides is 6. The number of likely N-dealkylation sites (tertiary alicyclic amines) is 1. The molecule has 1 aliphatic rings. The molecule has 0 saturated carbocycles. The molecule has 0 amide bonds. The molecule has 144 valence electrons. The van der Waals surface area contributed by atoms with Crippen molar-refractivity contribution in [3.63, 3.8) is 0 Å². The summed E-state index contributed by atoms with van der Waals surface area (Å²) in [6, 6.07) is 2.26. The first-order valence-corrected chi connectivity index (χ1v) is 7.23. The van der Waals surface area contributed by atoms with Crippen LogP contribution in [0.25, 0.3) is 0 Å². The lowest BCUT2D eigenvalue weighted by Gasteiger charge is -2.41. The highest BCUT2D eigenvalue weighted by atomic mass is 19.4. The highest BCUT2D eigenvalue weighted by molar-refractivity contribution is 5.92. The number of hydrogen-bond acceptors (Lipinski definition) is 3. The van der Waals surface area contributed by atoms with Crippen LogP contribution in [0.4, 0.5) is 32.0 Å². The first-order chi connectivity index (χ1) is 11.9. The molecule has 5 N–H and O–H groups in total. The van der Waals surface area contributed by atoms with Gasteiger partial charge in [0, 0.05) is 13.0 Å². The third-order valence-electron chi connectivity index (χ3n) is 3.64. The van der Waals surface area contributed by atoms with Crippen LogP contribution in [0.5, 0.6) is 5.75 Å². The van der Waals surface area contributed by atoms with Gasteiger partial charge in [-0.2, -0.15) is 0 Å². The van der Waals surface area contributed by atoms with Gasteiger partial charge >= 0.3 is 6.36 Å². The molecule has 1 aromatic carbocycles. The van der Waals surface area contributed by atoms with E-state index in [9.17, 15) is 26.3 Å². The molecular weight excluding hydrogens is 368 g/mol. The van der Waals surface area contributed by atoms with Crippen LogP contribution >= 0.6 is 0 Å². The van der Waals surface area contributed by atoms with Gasteiger partial charge in [0.2, 0.25) is 0 Å². The number of amidine groups is 1. The normalized spacial score (nSPS) is 23.6. The van der Waals surface area contributed by atoms with Gasteiger partial charge in [0.15, 0.2) is 12.1 Å². The number of nitrogens with two attached hydrogens (primary N) is 2. The van der Waals surface area contributed by atoms with Crippen molar-refractivity contribution in [1.82, 2.24) is 4.90 Å². The molecule has 26 heavy (non-hydrogen) atoms. The lowest BCUT2D eigenvalue weighted by molar-refractivity contribution is -0.274. The number of guanidine groups is 1. The number of piperidine rings is 1. The Hall–Kier alpha value is -2.66. The fourth-order valence-electron chi connectivity index (χ4n) is 2.45. The van der Waals surface area contributed by atoms with Crippen molar-refractivity contribution in [2.24, 2.45) is 16.5 Å². The summed E-state index contributed by atoms with van der Waals surface area (Å²) in [5.74, 6) is -5.44. The maximum Gasteiger partial charge on any atom is 0.573 e. The third-order valence-corrected chi connectivity index (χ3v) is 3.64. The van der Waals surface area contributed by atoms with E-state index in [1.807, 2.05) is 0 Å². The number of hydrogen-bond donors (Lipinski definition) is 3. The minimum atomic E-state index is -4.87. The monoisotopic (exact) mass is 383 g/mol. The van der Waals surface area contributed by atoms with E-state index in [-0.39, 0.29) is 5.69 Å². The van der Waals surface area contributed by atoms with Gasteiger partial charge in [0.05, 0.1) is 5.69 Å². The van der Waals surface area contributed by atoms with Gasteiger partial charge in [-0.15, -0.1) is 13.2 Å². The number of aliphatic imine (C=N–C) groups is 1. The van der Waals surface area contributed by atoms with Gasteiger partial charge < -0.3 is 21.1 Å². The molecule has 12 heteroatoms. The largest absolute Gasteiger partial charge is 0.573 e. The number of rotatable bonds is 3. The van der Waals surface area contributed by atoms with Gasteiger partial charge in [-0.3, -0.25) is 5.41 Å². The highest BCUT2D eigenvalue weighted by Gasteiger charge is 2.52. The van der Waals surface area contributed by atoms with E-state index in [4.69, 9.17) is 16.9 Å². The van der Waals surface area contributed by atoms with Crippen molar-refractivity contribution in [2.75, 3.05) is 6.54 Å². The second kappa shape index (κ2) is 6.92. The van der Waals surface area contributed by atoms with Crippen molar-refractivity contribution in [1.29, 1.82) is 5.41 Å². The second-order valence-electron chi connectivity index (χ2n) is 5.51. The molecule has 2 unspecified atom stereocenters. The SMILES string of the molecule is N=C(N)N1CCC(F)(F)C(F)C1C(N)=Nc1ccc(OC(F)(F)F)cc1. The average Bonchev–Trinajstić information content (AvgIpc) is 2.50. The van der Waals surface area contributed by atoms with Crippen LogP contribution in [0.3, 0.4) is 0 Å². The van der Waals surface area contributed by atoms with Crippen LogP contribution in [0.15, 0.2) is 29.3 Å². The molecule has 0 aliphatic carbocycles. The van der Waals surface area contributed by atoms with Gasteiger partial charge in [-0.05, 0) is 24.3 Å². The van der Waals surface area contributed by atoms with Crippen LogP contribution in [-0.2, 0) is 0 Å². The molecule has 0 spiro atoms. The summed E-state index contributed by atoms with van der Waals surface area (Å²) in [5.41, 5.74) is 10.9. The fourth-order valence-corrected chi connectivity index (χ4v) is 2.45. The zero-order valence-corrected chi connectivity index (χ0v) is 13.1. The summed E-state index contributed by atoms with van der Waals surface area (Å²) in [4.78, 5) is 4.61. The van der Waals surface area contributed by atoms with Gasteiger partial charge in [-0.1, -0.05) is 0 Å². The van der Waals surface area contributed by atoms with Gasteiger partial charge in [-0.25, -0.2) is 18.2 Å². The minimum absolute atomic E-state index is 0.0124. The van der Waals surface area contributed by atoms with Crippen LogP contribution < -0.4 is 16.2 Å². The molecule has 0 radical (unpaired) electrons. The predicted molar refractivity (Wildman–Crippen MR) is 81.3 cm³/mol. The summed E-state index contributed by atoms with van der Waals surface area (Å²) in [7, 11) is 0. The van der Waals surface area contributed by atoms with Crippen LogP contribution in [-0.4, -0.2) is 47.7 Å². The molecule has 0 bridgehead atoms. The molecule has 2 rings (SSSR count). The topological polar surface area (TPSA) is 101 Å². The maximum atomic E-state index is 14.2. The van der Waals surface area contributed by atoms with E-state index in [1.54, 1.807) is 0 Å². The summed E-state index contributed by atoms with van der Waals surface area (Å²) < 4.78 is 81.5. The molecule has 1 heterocycles. The molecule has 0 aromatic heterocycles. The summed E-state index contributed by atoms with van der Waals surface area (Å²) >= 11 is 0. The Morgan fingerprint density at radius 3 is 2.31 bits per heavy atom. The van der Waals surface area contributed by atoms with E-state index in [0.717, 1.165) is 29.2 Å². The quantitative estimate of drug-likeness (QED) is 0.424. The predicted octanol–water partition coefficient (Wildman–Crippen LogP) is 2.52. The van der Waals surface area contributed by atoms with Gasteiger partial charge in [0.25, 0.3) is 5.92 Å². The molecule has 1 saturated heterocycles. The standard InChI is InChI=1S/C14H15F6N5O/c15-10-9(25(12(22)23)6-5-13(10,16)17)11(21)24-7-1-3-8(4-2-7)26-14(18,19)20/h1-4,9-10H,5-6H2,(H2,21,24)(H3,22,23). The molecular formula is C14H15F6N5O. The Bertz CT molecular complexity index is 690. The van der Waals surface area contributed by atoms with E-state index in [2.05, 4.69) is 9.73 Å². The molecule has 2 atom stereocenters. The third kappa shape index (κ3) is 4.49.